The van der Waals surface area contributed by atoms with Crippen LogP contribution in [0.3, 0.4) is 0 Å². The number of rotatable bonds is 7. The van der Waals surface area contributed by atoms with Gasteiger partial charge in [-0.05, 0) is 37.8 Å². The zero-order valence-corrected chi connectivity index (χ0v) is 15.1. The number of piperidine rings is 1. The minimum atomic E-state index is -0.814. The summed E-state index contributed by atoms with van der Waals surface area (Å²) in [5, 5.41) is 12.1. The Balaban J connectivity index is 1.75. The van der Waals surface area contributed by atoms with E-state index in [1.807, 2.05) is 25.1 Å². The molecule has 2 N–H and O–H groups in total. The monoisotopic (exact) mass is 347 g/mol. The van der Waals surface area contributed by atoms with Crippen LogP contribution in [-0.4, -0.2) is 54.7 Å². The summed E-state index contributed by atoms with van der Waals surface area (Å²) >= 11 is 0. The van der Waals surface area contributed by atoms with Gasteiger partial charge in [0.15, 0.2) is 0 Å². The van der Waals surface area contributed by atoms with Crippen molar-refractivity contribution in [1.82, 2.24) is 10.2 Å². The molecule has 6 heteroatoms. The lowest BCUT2D eigenvalue weighted by atomic mass is 9.91. The predicted molar refractivity (Wildman–Crippen MR) is 98.8 cm³/mol. The third kappa shape index (κ3) is 5.66. The van der Waals surface area contributed by atoms with E-state index in [1.165, 1.54) is 5.69 Å². The second-order valence-electron chi connectivity index (χ2n) is 6.78. The molecule has 1 saturated heterocycles. The summed E-state index contributed by atoms with van der Waals surface area (Å²) in [4.78, 5) is 27.4. The van der Waals surface area contributed by atoms with Crippen molar-refractivity contribution in [3.05, 3.63) is 30.3 Å². The molecule has 2 atom stereocenters. The quantitative estimate of drug-likeness (QED) is 0.744. The third-order valence-electron chi connectivity index (χ3n) is 4.68. The molecular formula is C19H29N3O3. The fourth-order valence-electron chi connectivity index (χ4n) is 3.38. The molecule has 0 radical (unpaired) electrons. The number of likely N-dealkylation sites (tertiary alicyclic amines) is 1. The number of nitrogens with one attached hydrogen (secondary N) is 1. The summed E-state index contributed by atoms with van der Waals surface area (Å²) in [6, 6.07) is 10.1. The number of urea groups is 1. The predicted octanol–water partition coefficient (Wildman–Crippen LogP) is 2.66. The van der Waals surface area contributed by atoms with Crippen LogP contribution >= 0.6 is 0 Å². The Morgan fingerprint density at radius 2 is 2.00 bits per heavy atom. The molecule has 2 unspecified atom stereocenters. The third-order valence-corrected chi connectivity index (χ3v) is 4.68. The Morgan fingerprint density at radius 1 is 1.28 bits per heavy atom. The Bertz CT molecular complexity index is 564. The molecule has 0 aromatic heterocycles. The van der Waals surface area contributed by atoms with Crippen molar-refractivity contribution in [3.63, 3.8) is 0 Å². The Hall–Kier alpha value is -2.24. The van der Waals surface area contributed by atoms with Gasteiger partial charge in [-0.25, -0.2) is 4.79 Å². The van der Waals surface area contributed by atoms with E-state index in [9.17, 15) is 14.7 Å². The number of hydrogen-bond acceptors (Lipinski definition) is 3. The van der Waals surface area contributed by atoms with Crippen molar-refractivity contribution in [3.8, 4) is 0 Å². The zero-order chi connectivity index (χ0) is 18.2. The summed E-state index contributed by atoms with van der Waals surface area (Å²) in [6.07, 6.45) is 1.49. The van der Waals surface area contributed by atoms with Crippen LogP contribution in [-0.2, 0) is 4.79 Å². The number of para-hydroxylation sites is 1. The summed E-state index contributed by atoms with van der Waals surface area (Å²) in [7, 11) is 0. The highest BCUT2D eigenvalue weighted by Gasteiger charge is 2.31. The highest BCUT2D eigenvalue weighted by molar-refractivity contribution is 5.76. The molecule has 2 rings (SSSR count). The molecule has 2 amide bonds. The molecule has 138 valence electrons. The van der Waals surface area contributed by atoms with Gasteiger partial charge in [0.2, 0.25) is 0 Å². The molecule has 1 aromatic rings. The lowest BCUT2D eigenvalue weighted by Crippen LogP contribution is -2.49. The maximum absolute atomic E-state index is 12.3. The molecule has 1 heterocycles. The first-order chi connectivity index (χ1) is 12.0. The molecular weight excluding hydrogens is 318 g/mol. The van der Waals surface area contributed by atoms with Gasteiger partial charge in [-0.2, -0.15) is 0 Å². The normalized spacial score (nSPS) is 20.2. The van der Waals surface area contributed by atoms with Crippen LogP contribution in [0.2, 0.25) is 0 Å². The minimum absolute atomic E-state index is 0.152. The molecule has 1 aliphatic heterocycles. The minimum Gasteiger partial charge on any atom is -0.481 e. The van der Waals surface area contributed by atoms with Crippen molar-refractivity contribution in [2.24, 2.45) is 11.8 Å². The summed E-state index contributed by atoms with van der Waals surface area (Å²) in [5.41, 5.74) is 1.19. The van der Waals surface area contributed by atoms with Gasteiger partial charge in [0.05, 0.1) is 5.92 Å². The van der Waals surface area contributed by atoms with Crippen molar-refractivity contribution < 1.29 is 14.7 Å². The molecule has 1 aliphatic rings. The standard InChI is InChI=1S/C19H29N3O3/c1-3-21(17-8-5-4-6-9-17)11-7-10-20-19(25)22-13-15(2)12-16(14-22)18(23)24/h4-6,8-9,15-16H,3,7,10-14H2,1-2H3,(H,20,25)(H,23,24). The van der Waals surface area contributed by atoms with Crippen LogP contribution in [0.1, 0.15) is 26.7 Å². The molecule has 6 nitrogen and oxygen atoms in total. The SMILES string of the molecule is CCN(CCCNC(=O)N1CC(C)CC(C(=O)O)C1)c1ccccc1. The summed E-state index contributed by atoms with van der Waals surface area (Å²) in [6.45, 7) is 7.42. The van der Waals surface area contributed by atoms with Crippen LogP contribution in [0.4, 0.5) is 10.5 Å². The number of carboxylic acids is 1. The number of carboxylic acid groups (broad SMARTS) is 1. The van der Waals surface area contributed by atoms with E-state index < -0.39 is 11.9 Å². The summed E-state index contributed by atoms with van der Waals surface area (Å²) < 4.78 is 0. The van der Waals surface area contributed by atoms with Gasteiger partial charge >= 0.3 is 12.0 Å². The molecule has 0 bridgehead atoms. The number of amides is 2. The second-order valence-corrected chi connectivity index (χ2v) is 6.78. The smallest absolute Gasteiger partial charge is 0.317 e. The number of benzene rings is 1. The van der Waals surface area contributed by atoms with Crippen LogP contribution in [0.5, 0.6) is 0 Å². The van der Waals surface area contributed by atoms with E-state index in [4.69, 9.17) is 0 Å². The molecule has 1 fully saturated rings. The largest absolute Gasteiger partial charge is 0.481 e. The van der Waals surface area contributed by atoms with E-state index in [1.54, 1.807) is 4.90 Å². The van der Waals surface area contributed by atoms with Crippen molar-refractivity contribution in [2.45, 2.75) is 26.7 Å². The lowest BCUT2D eigenvalue weighted by molar-refractivity contribution is -0.143. The van der Waals surface area contributed by atoms with E-state index in [2.05, 4.69) is 29.3 Å². The van der Waals surface area contributed by atoms with Crippen LogP contribution < -0.4 is 10.2 Å². The zero-order valence-electron chi connectivity index (χ0n) is 15.1. The van der Waals surface area contributed by atoms with E-state index in [0.717, 1.165) is 19.5 Å². The molecule has 0 saturated carbocycles. The fraction of sp³-hybridized carbons (Fsp3) is 0.579. The fourth-order valence-corrected chi connectivity index (χ4v) is 3.38. The Kier molecular flexibility index (Phi) is 7.10. The number of aliphatic carboxylic acids is 1. The van der Waals surface area contributed by atoms with Crippen LogP contribution in [0, 0.1) is 11.8 Å². The average Bonchev–Trinajstić information content (AvgIpc) is 2.61. The highest BCUT2D eigenvalue weighted by Crippen LogP contribution is 2.21. The van der Waals surface area contributed by atoms with Crippen molar-refractivity contribution >= 4 is 17.7 Å². The van der Waals surface area contributed by atoms with Crippen molar-refractivity contribution in [1.29, 1.82) is 0 Å². The van der Waals surface area contributed by atoms with Gasteiger partial charge in [0.1, 0.15) is 0 Å². The summed E-state index contributed by atoms with van der Waals surface area (Å²) in [5.74, 6) is -1.05. The van der Waals surface area contributed by atoms with E-state index >= 15 is 0 Å². The topological polar surface area (TPSA) is 72.9 Å². The van der Waals surface area contributed by atoms with E-state index in [-0.39, 0.29) is 11.9 Å². The number of carbonyl (C=O) groups excluding carboxylic acids is 1. The van der Waals surface area contributed by atoms with Gasteiger partial charge < -0.3 is 20.2 Å². The number of anilines is 1. The maximum Gasteiger partial charge on any atom is 0.317 e. The molecule has 1 aromatic carbocycles. The first-order valence-electron chi connectivity index (χ1n) is 9.06. The van der Waals surface area contributed by atoms with E-state index in [0.29, 0.717) is 26.1 Å². The molecule has 0 spiro atoms. The van der Waals surface area contributed by atoms with Gasteiger partial charge in [-0.3, -0.25) is 4.79 Å². The second kappa shape index (κ2) is 9.30. The van der Waals surface area contributed by atoms with Crippen molar-refractivity contribution in [2.75, 3.05) is 37.6 Å². The van der Waals surface area contributed by atoms with Gasteiger partial charge in [0.25, 0.3) is 0 Å². The number of carbonyl (C=O) groups is 2. The number of hydrogen-bond donors (Lipinski definition) is 2. The van der Waals surface area contributed by atoms with Gasteiger partial charge in [-0.1, -0.05) is 25.1 Å². The Labute approximate surface area is 149 Å². The lowest BCUT2D eigenvalue weighted by Gasteiger charge is -2.34. The number of nitrogens with zero attached hydrogens (tertiary/aromatic N) is 2. The maximum atomic E-state index is 12.3. The van der Waals surface area contributed by atoms with Gasteiger partial charge in [0, 0.05) is 38.4 Å². The Morgan fingerprint density at radius 3 is 2.64 bits per heavy atom. The van der Waals surface area contributed by atoms with Crippen LogP contribution in [0.15, 0.2) is 30.3 Å². The first kappa shape index (κ1) is 19.1. The average molecular weight is 347 g/mol. The highest BCUT2D eigenvalue weighted by atomic mass is 16.4. The first-order valence-corrected chi connectivity index (χ1v) is 9.06. The van der Waals surface area contributed by atoms with Crippen LogP contribution in [0.25, 0.3) is 0 Å². The molecule has 0 aliphatic carbocycles. The molecule has 25 heavy (non-hydrogen) atoms. The van der Waals surface area contributed by atoms with Gasteiger partial charge in [-0.15, -0.1) is 0 Å².